The molecule has 2 spiro atoms. The van der Waals surface area contributed by atoms with E-state index in [1.807, 2.05) is 25.9 Å². The second-order valence-corrected chi connectivity index (χ2v) is 16.2. The predicted molar refractivity (Wildman–Crippen MR) is 157 cm³/mol. The third-order valence-corrected chi connectivity index (χ3v) is 14.0. The molecule has 0 aromatic rings. The maximum atomic E-state index is 12.9. The minimum atomic E-state index is -0.970. The lowest BCUT2D eigenvalue weighted by Gasteiger charge is -2.57. The lowest BCUT2D eigenvalue weighted by atomic mass is 9.48. The lowest BCUT2D eigenvalue weighted by molar-refractivity contribution is -0.211. The number of hydrogen-bond donors (Lipinski definition) is 1. The molecule has 8 nitrogen and oxygen atoms in total. The highest BCUT2D eigenvalue weighted by Gasteiger charge is 2.80. The van der Waals surface area contributed by atoms with Gasteiger partial charge in [0, 0.05) is 27.3 Å². The zero-order valence-corrected chi connectivity index (χ0v) is 26.8. The number of hydrogen-bond acceptors (Lipinski definition) is 7. The van der Waals surface area contributed by atoms with E-state index in [0.717, 1.165) is 19.3 Å². The fourth-order valence-electron chi connectivity index (χ4n) is 12.5. The molecule has 1 amide bonds. The summed E-state index contributed by atoms with van der Waals surface area (Å²) in [6.07, 6.45) is 10.1. The quantitative estimate of drug-likeness (QED) is 0.480. The molecule has 13 atom stereocenters. The van der Waals surface area contributed by atoms with E-state index in [1.165, 1.54) is 38.5 Å². The number of fused-ring (bicyclic) bond motifs is 4. The average Bonchev–Trinajstić information content (AvgIpc) is 3.54. The summed E-state index contributed by atoms with van der Waals surface area (Å²) in [5.74, 6) is 2.76. The second-order valence-electron chi connectivity index (χ2n) is 16.2. The van der Waals surface area contributed by atoms with Crippen LogP contribution in [0, 0.1) is 45.8 Å². The van der Waals surface area contributed by atoms with Gasteiger partial charge in [0.2, 0.25) is 0 Å². The monoisotopic (exact) mass is 589 g/mol. The van der Waals surface area contributed by atoms with Crippen LogP contribution in [0.1, 0.15) is 85.5 Å². The molecule has 5 saturated carbocycles. The molecule has 2 saturated heterocycles. The molecule has 1 N–H and O–H groups in total. The van der Waals surface area contributed by atoms with Crippen molar-refractivity contribution in [3.63, 3.8) is 0 Å². The van der Waals surface area contributed by atoms with Gasteiger partial charge in [-0.15, -0.1) is 0 Å². The minimum absolute atomic E-state index is 0.0386. The smallest absolute Gasteiger partial charge is 0.410 e. The Hall–Kier alpha value is -0.930. The van der Waals surface area contributed by atoms with E-state index < -0.39 is 5.60 Å². The fraction of sp³-hybridized carbons (Fsp3) is 0.971. The van der Waals surface area contributed by atoms with Gasteiger partial charge in [0.15, 0.2) is 0 Å². The molecule has 0 radical (unpaired) electrons. The molecule has 7 aliphatic rings. The first-order chi connectivity index (χ1) is 20.0. The Balaban J connectivity index is 1.09. The van der Waals surface area contributed by atoms with E-state index in [9.17, 15) is 9.90 Å². The van der Waals surface area contributed by atoms with Crippen LogP contribution in [0.5, 0.6) is 0 Å². The van der Waals surface area contributed by atoms with Crippen molar-refractivity contribution in [1.29, 1.82) is 0 Å². The van der Waals surface area contributed by atoms with Crippen LogP contribution in [0.15, 0.2) is 0 Å². The summed E-state index contributed by atoms with van der Waals surface area (Å²) in [5.41, 5.74) is 0.0586. The third-order valence-electron chi connectivity index (χ3n) is 14.0. The molecular formula is C34H55NO7. The zero-order valence-electron chi connectivity index (χ0n) is 26.8. The average molecular weight is 590 g/mol. The van der Waals surface area contributed by atoms with Gasteiger partial charge in [0.25, 0.3) is 0 Å². The molecule has 5 aliphatic carbocycles. The molecule has 0 aromatic carbocycles. The summed E-state index contributed by atoms with van der Waals surface area (Å²) >= 11 is 0. The molecule has 13 unspecified atom stereocenters. The standard InChI is InChI=1S/C34H55NO7/c1-20-17-24(29(39-6)31(2,3)37)42-28-25(20)32(4)11-12-34-19-33(34)10-9-22(41-30(36)35-13-15-40-16-14-35)18-21(33)7-8-23(34)26(32)27(28)38-5/h20-29,37H,7-19H2,1-6H3. The van der Waals surface area contributed by atoms with E-state index in [-0.39, 0.29) is 42.0 Å². The highest BCUT2D eigenvalue weighted by molar-refractivity contribution is 5.68. The number of carbonyl (C=O) groups is 1. The molecule has 0 bridgehead atoms. The van der Waals surface area contributed by atoms with Gasteiger partial charge in [-0.3, -0.25) is 0 Å². The Labute approximate surface area is 252 Å². The first-order valence-electron chi connectivity index (χ1n) is 17.0. The Morgan fingerprint density at radius 3 is 2.48 bits per heavy atom. The van der Waals surface area contributed by atoms with Crippen molar-refractivity contribution >= 4 is 6.09 Å². The summed E-state index contributed by atoms with van der Waals surface area (Å²) in [7, 11) is 3.60. The first-order valence-corrected chi connectivity index (χ1v) is 17.0. The Kier molecular flexibility index (Phi) is 7.30. The number of methoxy groups -OCH3 is 2. The van der Waals surface area contributed by atoms with E-state index in [4.69, 9.17) is 23.7 Å². The van der Waals surface area contributed by atoms with E-state index in [2.05, 4.69) is 13.8 Å². The Morgan fingerprint density at radius 2 is 1.79 bits per heavy atom. The van der Waals surface area contributed by atoms with Gasteiger partial charge in [-0.25, -0.2) is 4.79 Å². The number of carbonyl (C=O) groups excluding carboxylic acids is 1. The van der Waals surface area contributed by atoms with Gasteiger partial charge in [-0.2, -0.15) is 0 Å². The van der Waals surface area contributed by atoms with Crippen molar-refractivity contribution in [2.75, 3.05) is 40.5 Å². The molecule has 2 heterocycles. The second kappa shape index (κ2) is 10.3. The van der Waals surface area contributed by atoms with E-state index in [1.54, 1.807) is 7.11 Å². The minimum Gasteiger partial charge on any atom is -0.446 e. The van der Waals surface area contributed by atoms with Gasteiger partial charge in [0.05, 0.1) is 37.1 Å². The molecule has 0 aromatic heterocycles. The van der Waals surface area contributed by atoms with Crippen LogP contribution in [0.2, 0.25) is 0 Å². The molecule has 7 fully saturated rings. The molecule has 8 heteroatoms. The lowest BCUT2D eigenvalue weighted by Crippen LogP contribution is -2.54. The van der Waals surface area contributed by atoms with Crippen LogP contribution < -0.4 is 0 Å². The van der Waals surface area contributed by atoms with Crippen LogP contribution in [0.4, 0.5) is 4.79 Å². The maximum Gasteiger partial charge on any atom is 0.410 e. The molecule has 7 rings (SSSR count). The topological polar surface area (TPSA) is 86.7 Å². The van der Waals surface area contributed by atoms with Crippen molar-refractivity contribution in [3.05, 3.63) is 0 Å². The number of amides is 1. The molecule has 238 valence electrons. The number of nitrogens with zero attached hydrogens (tertiary/aromatic N) is 1. The van der Waals surface area contributed by atoms with E-state index >= 15 is 0 Å². The predicted octanol–water partition coefficient (Wildman–Crippen LogP) is 5.05. The number of ether oxygens (including phenoxy) is 5. The van der Waals surface area contributed by atoms with Gasteiger partial charge in [-0.1, -0.05) is 13.8 Å². The van der Waals surface area contributed by atoms with Crippen molar-refractivity contribution in [2.24, 2.45) is 45.8 Å². The number of rotatable bonds is 5. The maximum absolute atomic E-state index is 12.9. The SMILES string of the molecule is COC1C2OC(C(OC)C(C)(C)O)CC(C)C2C2(C)CCC34CC35CCC(OC(=O)N3CCOCC3)CC5CCC4C12. The van der Waals surface area contributed by atoms with Gasteiger partial charge in [-0.05, 0) is 117 Å². The third kappa shape index (κ3) is 4.20. The van der Waals surface area contributed by atoms with E-state index in [0.29, 0.717) is 66.7 Å². The molecule has 42 heavy (non-hydrogen) atoms. The molecule has 2 aliphatic heterocycles. The summed E-state index contributed by atoms with van der Waals surface area (Å²) in [4.78, 5) is 14.7. The van der Waals surface area contributed by atoms with Gasteiger partial charge >= 0.3 is 6.09 Å². The van der Waals surface area contributed by atoms with Crippen LogP contribution in [0.25, 0.3) is 0 Å². The van der Waals surface area contributed by atoms with Crippen LogP contribution >= 0.6 is 0 Å². The van der Waals surface area contributed by atoms with Gasteiger partial charge < -0.3 is 33.7 Å². The van der Waals surface area contributed by atoms with Crippen LogP contribution in [0.3, 0.4) is 0 Å². The highest BCUT2D eigenvalue weighted by atomic mass is 16.6. The summed E-state index contributed by atoms with van der Waals surface area (Å²) in [5, 5.41) is 10.9. The normalized spacial score (nSPS) is 50.5. The Morgan fingerprint density at radius 1 is 1.02 bits per heavy atom. The Bertz CT molecular complexity index is 1040. The van der Waals surface area contributed by atoms with Crippen molar-refractivity contribution in [2.45, 2.75) is 122 Å². The van der Waals surface area contributed by atoms with Crippen molar-refractivity contribution < 1.29 is 33.6 Å². The molecular weight excluding hydrogens is 534 g/mol. The summed E-state index contributed by atoms with van der Waals surface area (Å²) in [6, 6.07) is 0. The zero-order chi connectivity index (χ0) is 29.7. The first kappa shape index (κ1) is 29.8. The number of morpholine rings is 1. The highest BCUT2D eigenvalue weighted by Crippen LogP contribution is 2.86. The fourth-order valence-corrected chi connectivity index (χ4v) is 12.5. The van der Waals surface area contributed by atoms with Gasteiger partial charge in [0.1, 0.15) is 12.2 Å². The van der Waals surface area contributed by atoms with Crippen LogP contribution in [-0.2, 0) is 23.7 Å². The summed E-state index contributed by atoms with van der Waals surface area (Å²) < 4.78 is 30.8. The van der Waals surface area contributed by atoms with Crippen LogP contribution in [-0.4, -0.2) is 92.7 Å². The summed E-state index contributed by atoms with van der Waals surface area (Å²) in [6.45, 7) is 11.1. The number of aliphatic hydroxyl groups is 1. The van der Waals surface area contributed by atoms with Crippen molar-refractivity contribution in [3.8, 4) is 0 Å². The van der Waals surface area contributed by atoms with Crippen molar-refractivity contribution in [1.82, 2.24) is 4.90 Å². The largest absolute Gasteiger partial charge is 0.446 e.